The third-order valence-corrected chi connectivity index (χ3v) is 15.6. The molecule has 1 spiro atoms. The molecule has 0 bridgehead atoms. The zero-order valence-corrected chi connectivity index (χ0v) is 34.2. The molecule has 13 nitrogen and oxygen atoms in total. The Morgan fingerprint density at radius 3 is 2.56 bits per heavy atom. The topological polar surface area (TPSA) is 173 Å². The van der Waals surface area contributed by atoms with Crippen molar-refractivity contribution < 1.29 is 41.5 Å². The van der Waals surface area contributed by atoms with E-state index >= 15 is 0 Å². The van der Waals surface area contributed by atoms with Gasteiger partial charge in [-0.1, -0.05) is 55.3 Å². The van der Waals surface area contributed by atoms with E-state index in [9.17, 15) is 32.0 Å². The lowest BCUT2D eigenvalue weighted by molar-refractivity contribution is -0.141. The Morgan fingerprint density at radius 2 is 1.80 bits per heavy atom. The number of amides is 4. The fourth-order valence-electron chi connectivity index (χ4n) is 8.99. The molecule has 1 aromatic heterocycles. The van der Waals surface area contributed by atoms with Crippen molar-refractivity contribution in [3.63, 3.8) is 0 Å². The predicted molar refractivity (Wildman–Crippen MR) is 216 cm³/mol. The molecule has 3 N–H and O–H groups in total. The third kappa shape index (κ3) is 7.44. The Balaban J connectivity index is 1.09. The first-order chi connectivity index (χ1) is 28.1. The van der Waals surface area contributed by atoms with Crippen LogP contribution < -0.4 is 20.1 Å². The van der Waals surface area contributed by atoms with Gasteiger partial charge in [0.15, 0.2) is 0 Å². The highest BCUT2D eigenvalue weighted by Crippen LogP contribution is 2.50. The number of sulfonamides is 1. The summed E-state index contributed by atoms with van der Waals surface area (Å²) in [7, 11) is -4.02. The smallest absolute Gasteiger partial charge is 0.408 e. The van der Waals surface area contributed by atoms with Crippen molar-refractivity contribution in [2.24, 2.45) is 5.92 Å². The van der Waals surface area contributed by atoms with Gasteiger partial charge in [0.25, 0.3) is 5.91 Å². The van der Waals surface area contributed by atoms with Crippen molar-refractivity contribution in [1.82, 2.24) is 25.2 Å². The molecule has 15 heteroatoms. The minimum Gasteiger partial charge on any atom is -0.483 e. The van der Waals surface area contributed by atoms with Crippen molar-refractivity contribution >= 4 is 44.7 Å². The number of aromatic nitrogens is 1. The number of pyridine rings is 1. The van der Waals surface area contributed by atoms with E-state index in [0.29, 0.717) is 67.5 Å². The van der Waals surface area contributed by atoms with Crippen molar-refractivity contribution in [2.45, 2.75) is 131 Å². The lowest BCUT2D eigenvalue weighted by atomic mass is 9.86. The van der Waals surface area contributed by atoms with E-state index < -0.39 is 79.1 Å². The van der Waals surface area contributed by atoms with Gasteiger partial charge in [0.1, 0.15) is 46.1 Å². The molecule has 59 heavy (non-hydrogen) atoms. The number of para-hydroxylation sites is 1. The minimum atomic E-state index is -4.02. The van der Waals surface area contributed by atoms with E-state index in [-0.39, 0.29) is 19.4 Å². The number of nitrogens with one attached hydrogen (secondary N) is 3. The Kier molecular flexibility index (Phi) is 9.56. The summed E-state index contributed by atoms with van der Waals surface area (Å²) in [4.78, 5) is 63.4. The van der Waals surface area contributed by atoms with Gasteiger partial charge in [0.05, 0.1) is 16.8 Å². The summed E-state index contributed by atoms with van der Waals surface area (Å²) in [5.41, 5.74) is -0.710. The first-order valence-electron chi connectivity index (χ1n) is 20.8. The van der Waals surface area contributed by atoms with Gasteiger partial charge in [-0.25, -0.2) is 22.6 Å². The van der Waals surface area contributed by atoms with Crippen molar-refractivity contribution in [1.29, 1.82) is 0 Å². The molecule has 3 saturated carbocycles. The zero-order valence-electron chi connectivity index (χ0n) is 33.4. The van der Waals surface area contributed by atoms with Crippen molar-refractivity contribution in [2.75, 3.05) is 6.54 Å². The van der Waals surface area contributed by atoms with Gasteiger partial charge in [-0.3, -0.25) is 19.1 Å². The molecular weight excluding hydrogens is 778 g/mol. The molecule has 3 aliphatic carbocycles. The second-order valence-corrected chi connectivity index (χ2v) is 20.2. The number of carbonyl (C=O) groups is 4. The molecule has 3 aromatic rings. The maximum absolute atomic E-state index is 14.9. The largest absolute Gasteiger partial charge is 0.483 e. The summed E-state index contributed by atoms with van der Waals surface area (Å²) in [6.45, 7) is 3.40. The summed E-state index contributed by atoms with van der Waals surface area (Å²) < 4.78 is 55.2. The molecule has 4 heterocycles. The Bertz CT molecular complexity index is 2400. The normalized spacial score (nSPS) is 29.9. The number of hydrogen-bond donors (Lipinski definition) is 3. The maximum atomic E-state index is 14.9. The zero-order chi connectivity index (χ0) is 41.4. The number of benzene rings is 2. The predicted octanol–water partition coefficient (Wildman–Crippen LogP) is 5.75. The first-order valence-corrected chi connectivity index (χ1v) is 22.3. The second kappa shape index (κ2) is 14.3. The lowest BCUT2D eigenvalue weighted by Gasteiger charge is -2.37. The average Bonchev–Trinajstić information content (AvgIpc) is 4.16. The Hall–Kier alpha value is -5.05. The summed E-state index contributed by atoms with van der Waals surface area (Å²) >= 11 is 0. The SMILES string of the molecule is CC1(OC(=O)N[C@H]2CCCCC/C=C\[C@@H]3C[C@@]3(C(=O)NS(=O)(=O)C3(C)CC3)NC(=O)[C@@H]3C[C@]4(CCc5c(c(-c6cccc(F)c6)nc6ccccc56)O4)CN3C2=O)CC1. The van der Waals surface area contributed by atoms with Gasteiger partial charge in [0, 0.05) is 28.9 Å². The number of aryl methyl sites for hydroxylation is 1. The number of carbonyl (C=O) groups excluding carboxylic acids is 4. The van der Waals surface area contributed by atoms with Crippen LogP contribution >= 0.6 is 0 Å². The van der Waals surface area contributed by atoms with Crippen LogP contribution in [0.15, 0.2) is 60.7 Å². The lowest BCUT2D eigenvalue weighted by Crippen LogP contribution is -2.58. The number of halogens is 1. The molecule has 4 amide bonds. The van der Waals surface area contributed by atoms with Crippen LogP contribution in [-0.4, -0.2) is 82.2 Å². The molecule has 4 fully saturated rings. The highest BCUT2D eigenvalue weighted by atomic mass is 32.2. The van der Waals surface area contributed by atoms with Gasteiger partial charge in [-0.2, -0.15) is 0 Å². The van der Waals surface area contributed by atoms with Crippen LogP contribution in [0.5, 0.6) is 5.75 Å². The van der Waals surface area contributed by atoms with Crippen LogP contribution in [-0.2, 0) is 35.6 Å². The summed E-state index contributed by atoms with van der Waals surface area (Å²) in [5.74, 6) is -2.39. The number of ether oxygens (including phenoxy) is 2. The number of rotatable bonds is 6. The molecule has 0 unspecified atom stereocenters. The molecule has 3 aliphatic heterocycles. The number of allylic oxidation sites excluding steroid dienone is 1. The van der Waals surface area contributed by atoms with Crippen molar-refractivity contribution in [3.8, 4) is 17.0 Å². The average molecular weight is 828 g/mol. The van der Waals surface area contributed by atoms with E-state index in [1.54, 1.807) is 19.1 Å². The van der Waals surface area contributed by atoms with Crippen molar-refractivity contribution in [3.05, 3.63) is 72.1 Å². The summed E-state index contributed by atoms with van der Waals surface area (Å²) in [6.07, 6.45) is 9.69. The first kappa shape index (κ1) is 39.4. The van der Waals surface area contributed by atoms with Gasteiger partial charge in [-0.05, 0) is 96.3 Å². The molecule has 6 aliphatic rings. The van der Waals surface area contributed by atoms with Crippen LogP contribution in [0.25, 0.3) is 22.2 Å². The fourth-order valence-corrected chi connectivity index (χ4v) is 10.3. The van der Waals surface area contributed by atoms with Gasteiger partial charge >= 0.3 is 6.09 Å². The molecule has 2 aromatic carbocycles. The minimum absolute atomic E-state index is 0.0288. The Morgan fingerprint density at radius 1 is 1.00 bits per heavy atom. The molecule has 1 saturated heterocycles. The van der Waals surface area contributed by atoms with Crippen LogP contribution in [0, 0.1) is 11.7 Å². The van der Waals surface area contributed by atoms with E-state index in [4.69, 9.17) is 14.5 Å². The summed E-state index contributed by atoms with van der Waals surface area (Å²) in [6, 6.07) is 11.6. The van der Waals surface area contributed by atoms with Crippen LogP contribution in [0.3, 0.4) is 0 Å². The quantitative estimate of drug-likeness (QED) is 0.262. The standard InChI is InChI=1S/C44H50FN5O8S/c1-41(19-20-41)58-40(54)47-33-16-7-5-3-4-6-12-28-24-44(28,39(53)49-59(55,56)42(2)21-22-42)48-37(51)34-25-43(26-50(34)38(33)52)18-17-31-30-14-8-9-15-32(30)46-35(36(31)57-43)27-11-10-13-29(45)23-27/h6,8-15,23,28,33-34H,3-5,7,16-22,24-26H2,1-2H3,(H,47,54)(H,48,51)(H,49,53)/b12-6-/t28-,33+,34+,43-,44-/m1/s1. The highest BCUT2D eigenvalue weighted by Gasteiger charge is 2.64. The Labute approximate surface area is 342 Å². The monoisotopic (exact) mass is 827 g/mol. The molecule has 0 radical (unpaired) electrons. The second-order valence-electron chi connectivity index (χ2n) is 18.0. The van der Waals surface area contributed by atoms with E-state index in [0.717, 1.165) is 36.6 Å². The van der Waals surface area contributed by atoms with E-state index in [1.165, 1.54) is 17.0 Å². The highest BCUT2D eigenvalue weighted by molar-refractivity contribution is 7.91. The van der Waals surface area contributed by atoms with E-state index in [1.807, 2.05) is 43.3 Å². The number of nitrogens with zero attached hydrogens (tertiary/aromatic N) is 2. The van der Waals surface area contributed by atoms with E-state index in [2.05, 4.69) is 15.4 Å². The maximum Gasteiger partial charge on any atom is 0.408 e. The number of fused-ring (bicyclic) bond motifs is 5. The van der Waals surface area contributed by atoms with Gasteiger partial charge in [0.2, 0.25) is 21.8 Å². The third-order valence-electron chi connectivity index (χ3n) is 13.4. The summed E-state index contributed by atoms with van der Waals surface area (Å²) in [5, 5.41) is 6.64. The van der Waals surface area contributed by atoms with Crippen LogP contribution in [0.1, 0.15) is 96.5 Å². The number of hydrogen-bond acceptors (Lipinski definition) is 9. The molecule has 312 valence electrons. The van der Waals surface area contributed by atoms with Crippen LogP contribution in [0.2, 0.25) is 0 Å². The molecular formula is C44H50FN5O8S. The molecule has 9 rings (SSSR count). The fraction of sp³-hybridized carbons (Fsp3) is 0.523. The van der Waals surface area contributed by atoms with Crippen LogP contribution in [0.4, 0.5) is 9.18 Å². The van der Waals surface area contributed by atoms with Gasteiger partial charge in [-0.15, -0.1) is 0 Å². The number of alkyl carbamates (subject to hydrolysis) is 1. The van der Waals surface area contributed by atoms with Gasteiger partial charge < -0.3 is 25.0 Å². The molecule has 5 atom stereocenters.